The third-order valence-electron chi connectivity index (χ3n) is 2.23. The number of nitrogens with zero attached hydrogens (tertiary/aromatic N) is 3. The number of hydrogen-bond donors (Lipinski definition) is 2. The van der Waals surface area contributed by atoms with E-state index in [0.29, 0.717) is 11.6 Å². The van der Waals surface area contributed by atoms with Crippen LogP contribution >= 0.6 is 0 Å². The van der Waals surface area contributed by atoms with Crippen LogP contribution in [-0.4, -0.2) is 19.6 Å². The number of fused-ring (bicyclic) bond motifs is 1. The van der Waals surface area contributed by atoms with Crippen LogP contribution in [0.4, 0.5) is 5.82 Å². The Morgan fingerprint density at radius 2 is 2.13 bits per heavy atom. The third-order valence-corrected chi connectivity index (χ3v) is 2.23. The van der Waals surface area contributed by atoms with E-state index in [9.17, 15) is 0 Å². The molecular formula is C10H9N5. The molecule has 0 amide bonds. The van der Waals surface area contributed by atoms with Gasteiger partial charge in [-0.2, -0.15) is 4.52 Å². The van der Waals surface area contributed by atoms with Gasteiger partial charge in [0, 0.05) is 6.20 Å². The molecule has 5 nitrogen and oxygen atoms in total. The summed E-state index contributed by atoms with van der Waals surface area (Å²) in [5, 5.41) is 4.30. The summed E-state index contributed by atoms with van der Waals surface area (Å²) in [7, 11) is 0. The highest BCUT2D eigenvalue weighted by atomic mass is 15.3. The SMILES string of the molecule is Nc1cccc2nc(-c3ccc[nH]3)nn12. The second-order valence-corrected chi connectivity index (χ2v) is 3.24. The first kappa shape index (κ1) is 8.05. The van der Waals surface area contributed by atoms with Crippen molar-refractivity contribution in [1.29, 1.82) is 0 Å². The molecule has 0 saturated heterocycles. The summed E-state index contributed by atoms with van der Waals surface area (Å²) in [6.45, 7) is 0. The lowest BCUT2D eigenvalue weighted by Gasteiger charge is -1.93. The molecule has 3 aromatic heterocycles. The summed E-state index contributed by atoms with van der Waals surface area (Å²) in [6, 6.07) is 9.35. The Morgan fingerprint density at radius 1 is 1.20 bits per heavy atom. The highest BCUT2D eigenvalue weighted by Gasteiger charge is 2.07. The van der Waals surface area contributed by atoms with Crippen LogP contribution in [0.15, 0.2) is 36.5 Å². The molecule has 0 radical (unpaired) electrons. The fraction of sp³-hybridized carbons (Fsp3) is 0. The van der Waals surface area contributed by atoms with Crippen LogP contribution in [-0.2, 0) is 0 Å². The van der Waals surface area contributed by atoms with E-state index in [1.54, 1.807) is 10.6 Å². The van der Waals surface area contributed by atoms with E-state index in [4.69, 9.17) is 5.73 Å². The molecule has 0 atom stereocenters. The zero-order valence-corrected chi connectivity index (χ0v) is 7.88. The van der Waals surface area contributed by atoms with Gasteiger partial charge in [0.2, 0.25) is 0 Å². The van der Waals surface area contributed by atoms with Crippen molar-refractivity contribution in [2.45, 2.75) is 0 Å². The van der Waals surface area contributed by atoms with Crippen LogP contribution < -0.4 is 5.73 Å². The molecule has 0 aromatic carbocycles. The summed E-state index contributed by atoms with van der Waals surface area (Å²) in [5.41, 5.74) is 7.41. The van der Waals surface area contributed by atoms with Crippen molar-refractivity contribution in [2.24, 2.45) is 0 Å². The minimum absolute atomic E-state index is 0.581. The Hall–Kier alpha value is -2.30. The monoisotopic (exact) mass is 199 g/mol. The lowest BCUT2D eigenvalue weighted by molar-refractivity contribution is 0.975. The highest BCUT2D eigenvalue weighted by molar-refractivity contribution is 5.56. The smallest absolute Gasteiger partial charge is 0.198 e. The van der Waals surface area contributed by atoms with E-state index in [2.05, 4.69) is 15.1 Å². The van der Waals surface area contributed by atoms with Gasteiger partial charge in [0.25, 0.3) is 0 Å². The minimum Gasteiger partial charge on any atom is -0.384 e. The van der Waals surface area contributed by atoms with Crippen LogP contribution in [0.25, 0.3) is 17.2 Å². The number of nitrogens with two attached hydrogens (primary N) is 1. The zero-order chi connectivity index (χ0) is 10.3. The number of nitrogen functional groups attached to an aromatic ring is 1. The van der Waals surface area contributed by atoms with E-state index in [-0.39, 0.29) is 0 Å². The third kappa shape index (κ3) is 1.17. The summed E-state index contributed by atoms with van der Waals surface area (Å²) in [6.07, 6.45) is 1.84. The number of H-pyrrole nitrogens is 1. The number of pyridine rings is 1. The standard InChI is InChI=1S/C10H9N5/c11-8-4-1-5-9-13-10(14-15(8)9)7-3-2-6-12-7/h1-6,12H,11H2. The molecule has 0 aliphatic rings. The lowest BCUT2D eigenvalue weighted by Crippen LogP contribution is -1.97. The van der Waals surface area contributed by atoms with Crippen molar-refractivity contribution in [1.82, 2.24) is 19.6 Å². The average Bonchev–Trinajstić information content (AvgIpc) is 2.86. The summed E-state index contributed by atoms with van der Waals surface area (Å²) in [4.78, 5) is 7.41. The first-order chi connectivity index (χ1) is 7.34. The van der Waals surface area contributed by atoms with Gasteiger partial charge in [0.05, 0.1) is 5.69 Å². The molecule has 0 unspecified atom stereocenters. The molecule has 3 rings (SSSR count). The topological polar surface area (TPSA) is 72.0 Å². The Balaban J connectivity index is 2.27. The number of rotatable bonds is 1. The molecule has 3 aromatic rings. The van der Waals surface area contributed by atoms with Crippen molar-refractivity contribution in [3.8, 4) is 11.5 Å². The van der Waals surface area contributed by atoms with Gasteiger partial charge in [0.15, 0.2) is 11.5 Å². The Kier molecular flexibility index (Phi) is 1.53. The number of hydrogen-bond acceptors (Lipinski definition) is 3. The molecule has 0 spiro atoms. The maximum Gasteiger partial charge on any atom is 0.198 e. The second-order valence-electron chi connectivity index (χ2n) is 3.24. The molecule has 0 aliphatic heterocycles. The Bertz CT molecular complexity index is 593. The van der Waals surface area contributed by atoms with Crippen LogP contribution in [0.5, 0.6) is 0 Å². The van der Waals surface area contributed by atoms with Crippen molar-refractivity contribution in [2.75, 3.05) is 5.73 Å². The molecule has 0 bridgehead atoms. The Labute approximate surface area is 85.6 Å². The van der Waals surface area contributed by atoms with Crippen LogP contribution in [0.1, 0.15) is 0 Å². The van der Waals surface area contributed by atoms with Crippen LogP contribution in [0, 0.1) is 0 Å². The quantitative estimate of drug-likeness (QED) is 0.620. The molecule has 74 valence electrons. The largest absolute Gasteiger partial charge is 0.384 e. The fourth-order valence-electron chi connectivity index (χ4n) is 1.51. The van der Waals surface area contributed by atoms with E-state index in [0.717, 1.165) is 11.3 Å². The molecular weight excluding hydrogens is 190 g/mol. The molecule has 0 aliphatic carbocycles. The van der Waals surface area contributed by atoms with Gasteiger partial charge in [-0.3, -0.25) is 0 Å². The van der Waals surface area contributed by atoms with Crippen LogP contribution in [0.2, 0.25) is 0 Å². The van der Waals surface area contributed by atoms with Gasteiger partial charge in [-0.1, -0.05) is 6.07 Å². The van der Waals surface area contributed by atoms with Gasteiger partial charge in [-0.05, 0) is 24.3 Å². The van der Waals surface area contributed by atoms with Gasteiger partial charge in [-0.25, -0.2) is 4.98 Å². The first-order valence-electron chi connectivity index (χ1n) is 4.59. The molecule has 5 heteroatoms. The molecule has 3 N–H and O–H groups in total. The predicted molar refractivity (Wildman–Crippen MR) is 57.2 cm³/mol. The number of aromatic amines is 1. The number of anilines is 1. The molecule has 15 heavy (non-hydrogen) atoms. The van der Waals surface area contributed by atoms with Crippen molar-refractivity contribution in [3.63, 3.8) is 0 Å². The summed E-state index contributed by atoms with van der Waals surface area (Å²) in [5.74, 6) is 1.23. The molecule has 0 fully saturated rings. The maximum atomic E-state index is 5.77. The maximum absolute atomic E-state index is 5.77. The molecule has 3 heterocycles. The van der Waals surface area contributed by atoms with E-state index in [1.165, 1.54) is 0 Å². The highest BCUT2D eigenvalue weighted by Crippen LogP contribution is 2.15. The number of nitrogens with one attached hydrogen (secondary N) is 1. The van der Waals surface area contributed by atoms with Gasteiger partial charge in [-0.15, -0.1) is 5.10 Å². The summed E-state index contributed by atoms with van der Waals surface area (Å²) < 4.78 is 1.62. The lowest BCUT2D eigenvalue weighted by atomic mass is 10.4. The van der Waals surface area contributed by atoms with Crippen LogP contribution in [0.3, 0.4) is 0 Å². The van der Waals surface area contributed by atoms with Crippen molar-refractivity contribution >= 4 is 11.5 Å². The van der Waals surface area contributed by atoms with E-state index < -0.39 is 0 Å². The summed E-state index contributed by atoms with van der Waals surface area (Å²) >= 11 is 0. The predicted octanol–water partition coefficient (Wildman–Crippen LogP) is 1.31. The average molecular weight is 199 g/mol. The van der Waals surface area contributed by atoms with Crippen molar-refractivity contribution in [3.05, 3.63) is 36.5 Å². The Morgan fingerprint density at radius 3 is 2.87 bits per heavy atom. The van der Waals surface area contributed by atoms with E-state index in [1.807, 2.05) is 30.5 Å². The van der Waals surface area contributed by atoms with E-state index >= 15 is 0 Å². The van der Waals surface area contributed by atoms with Gasteiger partial charge >= 0.3 is 0 Å². The normalized spacial score (nSPS) is 10.9. The first-order valence-corrected chi connectivity index (χ1v) is 4.59. The minimum atomic E-state index is 0.581. The zero-order valence-electron chi connectivity index (χ0n) is 7.88. The molecule has 0 saturated carbocycles. The van der Waals surface area contributed by atoms with Crippen molar-refractivity contribution < 1.29 is 0 Å². The van der Waals surface area contributed by atoms with Gasteiger partial charge in [0.1, 0.15) is 5.82 Å². The second kappa shape index (κ2) is 2.84. The number of aromatic nitrogens is 4. The fourth-order valence-corrected chi connectivity index (χ4v) is 1.51. The van der Waals surface area contributed by atoms with Gasteiger partial charge < -0.3 is 10.7 Å².